The molecule has 0 atom stereocenters. The smallest absolute Gasteiger partial charge is 0.143 e. The maximum atomic E-state index is 11.6. The number of benzene rings is 3. The molecule has 41 heavy (non-hydrogen) atoms. The standard InChI is InChI=1S/C32H43NO5.C3H8/c1-31(2,3)25-18-21(37-8)17-24(29(25)34)23-13-10-11-14-27(23)33(15-12-16-36-7)28-20-22(38-9)19-26(30(28)35)32(4,5)6;1-3-2/h10-11,13-14,17-20,34-35H,12,15-16H2,1-9H3;3H2,1-2H3. The van der Waals surface area contributed by atoms with E-state index in [1.807, 2.05) is 48.5 Å². The first-order valence-corrected chi connectivity index (χ1v) is 14.4. The van der Waals surface area contributed by atoms with Crippen LogP contribution in [0, 0.1) is 0 Å². The van der Waals surface area contributed by atoms with E-state index in [1.165, 1.54) is 6.42 Å². The largest absolute Gasteiger partial charge is 0.507 e. The zero-order chi connectivity index (χ0) is 31.0. The summed E-state index contributed by atoms with van der Waals surface area (Å²) >= 11 is 0. The number of phenolic OH excluding ortho intramolecular Hbond substituents is 2. The third kappa shape index (κ3) is 8.32. The van der Waals surface area contributed by atoms with Crippen LogP contribution in [0.4, 0.5) is 11.4 Å². The lowest BCUT2D eigenvalue weighted by atomic mass is 9.83. The molecule has 0 saturated heterocycles. The van der Waals surface area contributed by atoms with E-state index in [1.54, 1.807) is 21.3 Å². The fourth-order valence-electron chi connectivity index (χ4n) is 4.67. The van der Waals surface area contributed by atoms with E-state index in [0.717, 1.165) is 28.8 Å². The van der Waals surface area contributed by atoms with Gasteiger partial charge in [0, 0.05) is 54.3 Å². The number of para-hydroxylation sites is 1. The first-order chi connectivity index (χ1) is 19.2. The van der Waals surface area contributed by atoms with Gasteiger partial charge >= 0.3 is 0 Å². The van der Waals surface area contributed by atoms with Crippen LogP contribution in [0.2, 0.25) is 0 Å². The fraction of sp³-hybridized carbons (Fsp3) is 0.486. The molecular formula is C35H51NO5. The molecule has 0 radical (unpaired) electrons. The number of phenols is 2. The first-order valence-electron chi connectivity index (χ1n) is 14.4. The Bertz CT molecular complexity index is 1270. The third-order valence-corrected chi connectivity index (χ3v) is 6.74. The number of rotatable bonds is 9. The van der Waals surface area contributed by atoms with Gasteiger partial charge in [-0.05, 0) is 41.5 Å². The van der Waals surface area contributed by atoms with E-state index in [4.69, 9.17) is 14.2 Å². The molecule has 0 heterocycles. The van der Waals surface area contributed by atoms with Crippen molar-refractivity contribution < 1.29 is 24.4 Å². The summed E-state index contributed by atoms with van der Waals surface area (Å²) in [6.07, 6.45) is 1.98. The molecule has 0 spiro atoms. The summed E-state index contributed by atoms with van der Waals surface area (Å²) in [5, 5.41) is 23.1. The van der Waals surface area contributed by atoms with Crippen molar-refractivity contribution in [3.05, 3.63) is 59.7 Å². The van der Waals surface area contributed by atoms with Gasteiger partial charge in [-0.25, -0.2) is 0 Å². The minimum Gasteiger partial charge on any atom is -0.507 e. The maximum Gasteiger partial charge on any atom is 0.143 e. The minimum atomic E-state index is -0.308. The van der Waals surface area contributed by atoms with Crippen LogP contribution in [0.5, 0.6) is 23.0 Å². The second-order valence-corrected chi connectivity index (χ2v) is 12.3. The maximum absolute atomic E-state index is 11.6. The van der Waals surface area contributed by atoms with E-state index in [0.29, 0.717) is 35.9 Å². The molecule has 0 aliphatic rings. The zero-order valence-electron chi connectivity index (χ0n) is 27.0. The minimum absolute atomic E-state index is 0.204. The number of aromatic hydroxyl groups is 2. The highest BCUT2D eigenvalue weighted by Gasteiger charge is 2.28. The van der Waals surface area contributed by atoms with Crippen LogP contribution >= 0.6 is 0 Å². The summed E-state index contributed by atoms with van der Waals surface area (Å²) in [6, 6.07) is 15.4. The third-order valence-electron chi connectivity index (χ3n) is 6.74. The van der Waals surface area contributed by atoms with Crippen molar-refractivity contribution in [2.75, 3.05) is 39.4 Å². The highest BCUT2D eigenvalue weighted by Crippen LogP contribution is 2.48. The highest BCUT2D eigenvalue weighted by atomic mass is 16.5. The van der Waals surface area contributed by atoms with E-state index in [9.17, 15) is 10.2 Å². The summed E-state index contributed by atoms with van der Waals surface area (Å²) in [5.41, 5.74) is 3.95. The van der Waals surface area contributed by atoms with Crippen molar-refractivity contribution in [1.29, 1.82) is 0 Å². The molecule has 0 bridgehead atoms. The predicted molar refractivity (Wildman–Crippen MR) is 172 cm³/mol. The van der Waals surface area contributed by atoms with Crippen molar-refractivity contribution in [3.63, 3.8) is 0 Å². The average Bonchev–Trinajstić information content (AvgIpc) is 2.91. The molecule has 3 aromatic carbocycles. The average molecular weight is 566 g/mol. The summed E-state index contributed by atoms with van der Waals surface area (Å²) < 4.78 is 16.7. The molecule has 3 rings (SSSR count). The molecule has 0 aromatic heterocycles. The summed E-state index contributed by atoms with van der Waals surface area (Å²) in [7, 11) is 4.95. The number of nitrogens with zero attached hydrogens (tertiary/aromatic N) is 1. The van der Waals surface area contributed by atoms with Gasteiger partial charge in [-0.15, -0.1) is 0 Å². The van der Waals surface area contributed by atoms with Gasteiger partial charge in [0.1, 0.15) is 23.0 Å². The molecule has 0 unspecified atom stereocenters. The van der Waals surface area contributed by atoms with Gasteiger partial charge in [0.2, 0.25) is 0 Å². The second-order valence-electron chi connectivity index (χ2n) is 12.3. The van der Waals surface area contributed by atoms with Crippen LogP contribution in [0.1, 0.15) is 79.4 Å². The highest BCUT2D eigenvalue weighted by molar-refractivity contribution is 5.88. The van der Waals surface area contributed by atoms with Crippen molar-refractivity contribution in [1.82, 2.24) is 0 Å². The Labute approximate surface area is 247 Å². The van der Waals surface area contributed by atoms with Crippen LogP contribution < -0.4 is 14.4 Å². The van der Waals surface area contributed by atoms with Gasteiger partial charge in [-0.1, -0.05) is 80.0 Å². The number of ether oxygens (including phenoxy) is 3. The van der Waals surface area contributed by atoms with Crippen LogP contribution in [0.3, 0.4) is 0 Å². The number of hydrogen-bond donors (Lipinski definition) is 2. The summed E-state index contributed by atoms with van der Waals surface area (Å²) in [4.78, 5) is 2.08. The molecule has 0 aliphatic carbocycles. The van der Waals surface area contributed by atoms with Crippen molar-refractivity contribution >= 4 is 11.4 Å². The van der Waals surface area contributed by atoms with Crippen molar-refractivity contribution in [2.45, 2.75) is 79.1 Å². The van der Waals surface area contributed by atoms with Gasteiger partial charge in [-0.2, -0.15) is 0 Å². The molecule has 0 saturated carbocycles. The molecule has 6 nitrogen and oxygen atoms in total. The van der Waals surface area contributed by atoms with Gasteiger partial charge in [0.15, 0.2) is 0 Å². The predicted octanol–water partition coefficient (Wildman–Crippen LogP) is 8.97. The summed E-state index contributed by atoms with van der Waals surface area (Å²) in [5.74, 6) is 1.75. The number of hydrogen-bond acceptors (Lipinski definition) is 6. The Morgan fingerprint density at radius 1 is 0.683 bits per heavy atom. The quantitative estimate of drug-likeness (QED) is 0.252. The van der Waals surface area contributed by atoms with Gasteiger partial charge in [-0.3, -0.25) is 0 Å². The van der Waals surface area contributed by atoms with Crippen molar-refractivity contribution in [3.8, 4) is 34.1 Å². The molecule has 0 fully saturated rings. The topological polar surface area (TPSA) is 71.4 Å². The van der Waals surface area contributed by atoms with Gasteiger partial charge < -0.3 is 29.3 Å². The van der Waals surface area contributed by atoms with Crippen LogP contribution in [0.25, 0.3) is 11.1 Å². The molecule has 2 N–H and O–H groups in total. The zero-order valence-corrected chi connectivity index (χ0v) is 27.0. The number of methoxy groups -OCH3 is 3. The van der Waals surface area contributed by atoms with Gasteiger partial charge in [0.05, 0.1) is 19.9 Å². The lowest BCUT2D eigenvalue weighted by Crippen LogP contribution is -2.22. The molecule has 0 amide bonds. The first kappa shape index (κ1) is 33.8. The number of anilines is 2. The molecule has 3 aromatic rings. The lowest BCUT2D eigenvalue weighted by Gasteiger charge is -2.31. The molecule has 6 heteroatoms. The van der Waals surface area contributed by atoms with E-state index >= 15 is 0 Å². The van der Waals surface area contributed by atoms with Crippen molar-refractivity contribution in [2.24, 2.45) is 0 Å². The normalized spacial score (nSPS) is 11.5. The Kier molecular flexibility index (Phi) is 12.0. The fourth-order valence-corrected chi connectivity index (χ4v) is 4.67. The van der Waals surface area contributed by atoms with E-state index < -0.39 is 0 Å². The Hall–Kier alpha value is -3.38. The van der Waals surface area contributed by atoms with E-state index in [2.05, 4.69) is 60.3 Å². The van der Waals surface area contributed by atoms with Crippen LogP contribution in [-0.4, -0.2) is 44.7 Å². The monoisotopic (exact) mass is 565 g/mol. The lowest BCUT2D eigenvalue weighted by molar-refractivity contribution is 0.196. The van der Waals surface area contributed by atoms with Crippen LogP contribution in [-0.2, 0) is 15.6 Å². The van der Waals surface area contributed by atoms with E-state index in [-0.39, 0.29) is 22.3 Å². The summed E-state index contributed by atoms with van der Waals surface area (Å²) in [6.45, 7) is 17.8. The molecular weight excluding hydrogens is 514 g/mol. The SMILES string of the molecule is CCC.COCCCN(c1ccccc1-c1cc(OC)cc(C(C)(C)C)c1O)c1cc(OC)cc(C(C)(C)C)c1O. The molecule has 0 aliphatic heterocycles. The Morgan fingerprint density at radius 3 is 1.71 bits per heavy atom. The van der Waals surface area contributed by atoms with Crippen LogP contribution in [0.15, 0.2) is 48.5 Å². The Balaban J connectivity index is 0.00000187. The second kappa shape index (κ2) is 14.5. The van der Waals surface area contributed by atoms with Gasteiger partial charge in [0.25, 0.3) is 0 Å². The molecule has 226 valence electrons. The Morgan fingerprint density at radius 2 is 1.20 bits per heavy atom.